The molecule has 7 nitrogen and oxygen atoms in total. The number of hydrogen-bond acceptors (Lipinski definition) is 6. The van der Waals surface area contributed by atoms with Crippen molar-refractivity contribution in [1.29, 1.82) is 0 Å². The summed E-state index contributed by atoms with van der Waals surface area (Å²) in [6.45, 7) is 1.08. The van der Waals surface area contributed by atoms with Crippen LogP contribution in [0.1, 0.15) is 29.8 Å². The fourth-order valence-electron chi connectivity index (χ4n) is 2.26. The van der Waals surface area contributed by atoms with Crippen LogP contribution in [0.2, 0.25) is 0 Å². The van der Waals surface area contributed by atoms with E-state index in [-0.39, 0.29) is 5.69 Å². The van der Waals surface area contributed by atoms with E-state index in [2.05, 4.69) is 9.97 Å². The summed E-state index contributed by atoms with van der Waals surface area (Å²) >= 11 is 0. The molecule has 8 heteroatoms. The maximum atomic E-state index is 11.7. The summed E-state index contributed by atoms with van der Waals surface area (Å²) in [7, 11) is -3.10. The van der Waals surface area contributed by atoms with Crippen molar-refractivity contribution < 1.29 is 18.3 Å². The van der Waals surface area contributed by atoms with Gasteiger partial charge in [-0.05, 0) is 12.8 Å². The van der Waals surface area contributed by atoms with Gasteiger partial charge in [-0.2, -0.15) is 0 Å². The summed E-state index contributed by atoms with van der Waals surface area (Å²) in [5, 5.41) is 8.37. The Hall–Kier alpha value is -1.70. The highest BCUT2D eigenvalue weighted by Gasteiger charge is 2.26. The molecular weight excluding hydrogens is 282 g/mol. The van der Waals surface area contributed by atoms with Gasteiger partial charge in [0, 0.05) is 19.3 Å². The predicted octanol–water partition coefficient (Wildman–Crippen LogP) is 0.578. The number of nitrogens with zero attached hydrogens (tertiary/aromatic N) is 3. The van der Waals surface area contributed by atoms with Gasteiger partial charge in [-0.3, -0.25) is 0 Å². The number of sulfone groups is 1. The maximum absolute atomic E-state index is 11.7. The standard InChI is InChI=1S/C12H17N3O4S/c1-20(18,19)9-4-2-3-5-15(8-9)11-7-13-10(6-14-11)12(16)17/h6-7,9H,2-5,8H2,1H3,(H,16,17). The molecule has 1 fully saturated rings. The maximum Gasteiger partial charge on any atom is 0.356 e. The Labute approximate surface area is 117 Å². The summed E-state index contributed by atoms with van der Waals surface area (Å²) in [5.41, 5.74) is -0.122. The van der Waals surface area contributed by atoms with E-state index in [0.29, 0.717) is 25.3 Å². The van der Waals surface area contributed by atoms with E-state index < -0.39 is 21.1 Å². The van der Waals surface area contributed by atoms with Crippen molar-refractivity contribution in [2.24, 2.45) is 0 Å². The third kappa shape index (κ3) is 3.44. The monoisotopic (exact) mass is 299 g/mol. The average Bonchev–Trinajstić information content (AvgIpc) is 2.64. The van der Waals surface area contributed by atoms with Crippen LogP contribution in [0.3, 0.4) is 0 Å². The zero-order valence-corrected chi connectivity index (χ0v) is 12.0. The smallest absolute Gasteiger partial charge is 0.356 e. The van der Waals surface area contributed by atoms with E-state index in [0.717, 1.165) is 12.8 Å². The molecule has 1 aromatic rings. The van der Waals surface area contributed by atoms with Crippen LogP contribution in [-0.4, -0.2) is 54.1 Å². The van der Waals surface area contributed by atoms with Gasteiger partial charge in [0.1, 0.15) is 5.82 Å². The quantitative estimate of drug-likeness (QED) is 0.871. The molecule has 1 atom stereocenters. The van der Waals surface area contributed by atoms with Gasteiger partial charge in [-0.1, -0.05) is 6.42 Å². The first-order valence-corrected chi connectivity index (χ1v) is 8.32. The lowest BCUT2D eigenvalue weighted by Crippen LogP contribution is -2.35. The van der Waals surface area contributed by atoms with Gasteiger partial charge in [0.05, 0.1) is 17.6 Å². The number of carbonyl (C=O) groups is 1. The summed E-state index contributed by atoms with van der Waals surface area (Å²) in [6.07, 6.45) is 6.21. The molecule has 0 radical (unpaired) electrons. The number of aromatic nitrogens is 2. The van der Waals surface area contributed by atoms with E-state index in [4.69, 9.17) is 5.11 Å². The third-order valence-corrected chi connectivity index (χ3v) is 5.01. The number of rotatable bonds is 3. The fraction of sp³-hybridized carbons (Fsp3) is 0.583. The van der Waals surface area contributed by atoms with E-state index in [9.17, 15) is 13.2 Å². The average molecular weight is 299 g/mol. The van der Waals surface area contributed by atoms with Crippen molar-refractivity contribution in [1.82, 2.24) is 9.97 Å². The molecule has 20 heavy (non-hydrogen) atoms. The van der Waals surface area contributed by atoms with Gasteiger partial charge in [0.25, 0.3) is 0 Å². The SMILES string of the molecule is CS(=O)(=O)C1CCCCN(c2cnc(C(=O)O)cn2)C1. The molecule has 0 bridgehead atoms. The molecule has 1 aliphatic heterocycles. The Balaban J connectivity index is 2.20. The Bertz CT molecular complexity index is 585. The van der Waals surface area contributed by atoms with Crippen LogP contribution in [0.5, 0.6) is 0 Å². The molecular formula is C12H17N3O4S. The molecule has 110 valence electrons. The zero-order chi connectivity index (χ0) is 14.8. The Morgan fingerprint density at radius 1 is 1.35 bits per heavy atom. The number of aromatic carboxylic acids is 1. The lowest BCUT2D eigenvalue weighted by Gasteiger charge is -2.24. The van der Waals surface area contributed by atoms with E-state index in [1.54, 1.807) is 0 Å². The molecule has 1 unspecified atom stereocenters. The Morgan fingerprint density at radius 2 is 2.10 bits per heavy atom. The van der Waals surface area contributed by atoms with Crippen molar-refractivity contribution in [3.8, 4) is 0 Å². The molecule has 1 aliphatic rings. The van der Waals surface area contributed by atoms with Crippen molar-refractivity contribution in [2.75, 3.05) is 24.2 Å². The first-order valence-electron chi connectivity index (χ1n) is 6.37. The van der Waals surface area contributed by atoms with Crippen LogP contribution in [0.25, 0.3) is 0 Å². The van der Waals surface area contributed by atoms with Crippen molar-refractivity contribution >= 4 is 21.6 Å². The summed E-state index contributed by atoms with van der Waals surface area (Å²) in [5.74, 6) is -0.612. The summed E-state index contributed by atoms with van der Waals surface area (Å²) in [6, 6.07) is 0. The van der Waals surface area contributed by atoms with Crippen molar-refractivity contribution in [2.45, 2.75) is 24.5 Å². The number of anilines is 1. The fourth-order valence-corrected chi connectivity index (χ4v) is 3.30. The normalized spacial score (nSPS) is 20.4. The minimum atomic E-state index is -3.10. The van der Waals surface area contributed by atoms with Crippen LogP contribution >= 0.6 is 0 Å². The molecule has 1 aromatic heterocycles. The van der Waals surface area contributed by atoms with Gasteiger partial charge in [-0.25, -0.2) is 23.2 Å². The van der Waals surface area contributed by atoms with Gasteiger partial charge in [0.15, 0.2) is 15.5 Å². The first kappa shape index (κ1) is 14.7. The topological polar surface area (TPSA) is 100 Å². The molecule has 0 amide bonds. The van der Waals surface area contributed by atoms with Gasteiger partial charge in [0.2, 0.25) is 0 Å². The lowest BCUT2D eigenvalue weighted by atomic mass is 10.2. The highest BCUT2D eigenvalue weighted by atomic mass is 32.2. The molecule has 2 rings (SSSR count). The van der Waals surface area contributed by atoms with Crippen LogP contribution in [0.4, 0.5) is 5.82 Å². The van der Waals surface area contributed by atoms with Gasteiger partial charge >= 0.3 is 5.97 Å². The van der Waals surface area contributed by atoms with Crippen LogP contribution in [0.15, 0.2) is 12.4 Å². The Morgan fingerprint density at radius 3 is 2.65 bits per heavy atom. The molecule has 0 saturated carbocycles. The molecule has 1 N–H and O–H groups in total. The number of carboxylic acid groups (broad SMARTS) is 1. The second kappa shape index (κ2) is 5.74. The molecule has 2 heterocycles. The van der Waals surface area contributed by atoms with E-state index >= 15 is 0 Å². The van der Waals surface area contributed by atoms with Crippen LogP contribution < -0.4 is 4.90 Å². The van der Waals surface area contributed by atoms with Crippen molar-refractivity contribution in [3.05, 3.63) is 18.1 Å². The predicted molar refractivity (Wildman–Crippen MR) is 73.7 cm³/mol. The number of hydrogen-bond donors (Lipinski definition) is 1. The summed E-state index contributed by atoms with van der Waals surface area (Å²) in [4.78, 5) is 20.5. The highest BCUT2D eigenvalue weighted by Crippen LogP contribution is 2.20. The van der Waals surface area contributed by atoms with Crippen LogP contribution in [0, 0.1) is 0 Å². The molecule has 0 aliphatic carbocycles. The largest absolute Gasteiger partial charge is 0.476 e. The molecule has 0 aromatic carbocycles. The van der Waals surface area contributed by atoms with Gasteiger partial charge < -0.3 is 10.0 Å². The second-order valence-corrected chi connectivity index (χ2v) is 7.28. The first-order chi connectivity index (χ1) is 9.38. The van der Waals surface area contributed by atoms with E-state index in [1.807, 2.05) is 4.90 Å². The van der Waals surface area contributed by atoms with Crippen LogP contribution in [-0.2, 0) is 9.84 Å². The van der Waals surface area contributed by atoms with Gasteiger partial charge in [-0.15, -0.1) is 0 Å². The molecule has 0 spiro atoms. The van der Waals surface area contributed by atoms with E-state index in [1.165, 1.54) is 18.6 Å². The third-order valence-electron chi connectivity index (χ3n) is 3.41. The highest BCUT2D eigenvalue weighted by molar-refractivity contribution is 7.91. The minimum absolute atomic E-state index is 0.122. The van der Waals surface area contributed by atoms with Crippen molar-refractivity contribution in [3.63, 3.8) is 0 Å². The number of carboxylic acids is 1. The summed E-state index contributed by atoms with van der Waals surface area (Å²) < 4.78 is 23.4. The zero-order valence-electron chi connectivity index (χ0n) is 11.2. The second-order valence-electron chi connectivity index (χ2n) is 4.96. The minimum Gasteiger partial charge on any atom is -0.476 e. The Kier molecular flexibility index (Phi) is 4.22. The lowest BCUT2D eigenvalue weighted by molar-refractivity contribution is 0.0690. The molecule has 1 saturated heterocycles.